The van der Waals surface area contributed by atoms with Gasteiger partial charge in [0.1, 0.15) is 0 Å². The van der Waals surface area contributed by atoms with Crippen molar-refractivity contribution in [2.24, 2.45) is 5.92 Å². The van der Waals surface area contributed by atoms with Crippen molar-refractivity contribution in [1.29, 1.82) is 0 Å². The third-order valence-corrected chi connectivity index (χ3v) is 4.49. The van der Waals surface area contributed by atoms with Gasteiger partial charge in [-0.2, -0.15) is 4.39 Å². The average molecular weight is 349 g/mol. The monoisotopic (exact) mass is 349 g/mol. The van der Waals surface area contributed by atoms with Crippen LogP contribution in [0.4, 0.5) is 10.2 Å². The SMILES string of the molecule is O=C1[C@@H](Cc2ccc(F)nc2)CCN1c1ccc(-c2ccncc2)nn1. The highest BCUT2D eigenvalue weighted by Crippen LogP contribution is 2.27. The number of amides is 1. The Morgan fingerprint density at radius 2 is 1.92 bits per heavy atom. The number of aromatic nitrogens is 4. The van der Waals surface area contributed by atoms with Crippen LogP contribution in [0.25, 0.3) is 11.3 Å². The Bertz CT molecular complexity index is 899. The molecule has 3 aromatic rings. The number of carbonyl (C=O) groups is 1. The largest absolute Gasteiger partial charge is 0.295 e. The van der Waals surface area contributed by atoms with Gasteiger partial charge >= 0.3 is 0 Å². The van der Waals surface area contributed by atoms with Gasteiger partial charge in [0.05, 0.1) is 5.69 Å². The van der Waals surface area contributed by atoms with Crippen molar-refractivity contribution in [3.05, 3.63) is 66.5 Å². The molecule has 1 fully saturated rings. The Morgan fingerprint density at radius 3 is 2.62 bits per heavy atom. The van der Waals surface area contributed by atoms with Crippen LogP contribution < -0.4 is 4.90 Å². The number of hydrogen-bond acceptors (Lipinski definition) is 5. The Morgan fingerprint density at radius 1 is 1.08 bits per heavy atom. The van der Waals surface area contributed by atoms with Gasteiger partial charge in [-0.1, -0.05) is 6.07 Å². The smallest absolute Gasteiger partial charge is 0.231 e. The maximum absolute atomic E-state index is 12.9. The van der Waals surface area contributed by atoms with Crippen molar-refractivity contribution in [2.75, 3.05) is 11.4 Å². The summed E-state index contributed by atoms with van der Waals surface area (Å²) in [5.41, 5.74) is 2.51. The van der Waals surface area contributed by atoms with E-state index in [-0.39, 0.29) is 11.8 Å². The molecular formula is C19H16FN5O. The van der Waals surface area contributed by atoms with Crippen molar-refractivity contribution in [3.63, 3.8) is 0 Å². The summed E-state index contributed by atoms with van der Waals surface area (Å²) < 4.78 is 12.9. The van der Waals surface area contributed by atoms with E-state index in [1.54, 1.807) is 23.4 Å². The maximum Gasteiger partial charge on any atom is 0.231 e. The molecule has 0 aromatic carbocycles. The van der Waals surface area contributed by atoms with Crippen LogP contribution in [-0.4, -0.2) is 32.6 Å². The zero-order valence-corrected chi connectivity index (χ0v) is 13.9. The average Bonchev–Trinajstić information content (AvgIpc) is 3.05. The molecule has 1 amide bonds. The Labute approximate surface area is 149 Å². The first-order valence-corrected chi connectivity index (χ1v) is 8.36. The van der Waals surface area contributed by atoms with E-state index in [1.807, 2.05) is 24.3 Å². The lowest BCUT2D eigenvalue weighted by Crippen LogP contribution is -2.28. The molecule has 0 spiro atoms. The molecule has 4 rings (SSSR count). The molecular weight excluding hydrogens is 333 g/mol. The molecule has 0 unspecified atom stereocenters. The highest BCUT2D eigenvalue weighted by atomic mass is 19.1. The molecule has 7 heteroatoms. The first-order chi connectivity index (χ1) is 12.7. The summed E-state index contributed by atoms with van der Waals surface area (Å²) in [4.78, 5) is 22.0. The number of halogens is 1. The predicted molar refractivity (Wildman–Crippen MR) is 93.6 cm³/mol. The summed E-state index contributed by atoms with van der Waals surface area (Å²) >= 11 is 0. The quantitative estimate of drug-likeness (QED) is 0.677. The van der Waals surface area contributed by atoms with Gasteiger partial charge in [0.15, 0.2) is 5.82 Å². The molecule has 1 atom stereocenters. The maximum atomic E-state index is 12.9. The van der Waals surface area contributed by atoms with Gasteiger partial charge in [-0.15, -0.1) is 10.2 Å². The van der Waals surface area contributed by atoms with Crippen LogP contribution in [0.1, 0.15) is 12.0 Å². The van der Waals surface area contributed by atoms with Crippen LogP contribution in [0.15, 0.2) is 55.0 Å². The van der Waals surface area contributed by atoms with Crippen LogP contribution in [-0.2, 0) is 11.2 Å². The molecule has 26 heavy (non-hydrogen) atoms. The number of carbonyl (C=O) groups excluding carboxylic acids is 1. The van der Waals surface area contributed by atoms with E-state index in [2.05, 4.69) is 20.2 Å². The van der Waals surface area contributed by atoms with Crippen molar-refractivity contribution in [2.45, 2.75) is 12.8 Å². The van der Waals surface area contributed by atoms with E-state index in [4.69, 9.17) is 0 Å². The van der Waals surface area contributed by atoms with E-state index in [9.17, 15) is 9.18 Å². The summed E-state index contributed by atoms with van der Waals surface area (Å²) in [6.07, 6.45) is 6.15. The van der Waals surface area contributed by atoms with Crippen molar-refractivity contribution in [1.82, 2.24) is 20.2 Å². The van der Waals surface area contributed by atoms with Gasteiger partial charge in [0.25, 0.3) is 0 Å². The molecule has 1 saturated heterocycles. The fourth-order valence-corrected chi connectivity index (χ4v) is 3.11. The summed E-state index contributed by atoms with van der Waals surface area (Å²) in [6.45, 7) is 0.599. The minimum absolute atomic E-state index is 0.0142. The fourth-order valence-electron chi connectivity index (χ4n) is 3.11. The summed E-state index contributed by atoms with van der Waals surface area (Å²) in [5, 5.41) is 8.44. The molecule has 3 aromatic heterocycles. The molecule has 0 bridgehead atoms. The summed E-state index contributed by atoms with van der Waals surface area (Å²) in [5.74, 6) is -0.102. The summed E-state index contributed by atoms with van der Waals surface area (Å²) in [6, 6.07) is 10.4. The van der Waals surface area contributed by atoms with Crippen LogP contribution in [0.2, 0.25) is 0 Å². The molecule has 0 radical (unpaired) electrons. The number of anilines is 1. The minimum Gasteiger partial charge on any atom is -0.295 e. The van der Waals surface area contributed by atoms with Gasteiger partial charge in [-0.05, 0) is 48.7 Å². The van der Waals surface area contributed by atoms with E-state index in [1.165, 1.54) is 12.3 Å². The molecule has 1 aliphatic rings. The third kappa shape index (κ3) is 3.28. The van der Waals surface area contributed by atoms with Crippen molar-refractivity contribution in [3.8, 4) is 11.3 Å². The molecule has 1 aliphatic heterocycles. The topological polar surface area (TPSA) is 71.9 Å². The van der Waals surface area contributed by atoms with E-state index < -0.39 is 5.95 Å². The Kier molecular flexibility index (Phi) is 4.35. The van der Waals surface area contributed by atoms with Crippen LogP contribution >= 0.6 is 0 Å². The first kappa shape index (κ1) is 16.3. The van der Waals surface area contributed by atoms with Crippen LogP contribution in [0, 0.1) is 11.9 Å². The lowest BCUT2D eigenvalue weighted by Gasteiger charge is -2.15. The van der Waals surface area contributed by atoms with E-state index in [0.717, 1.165) is 23.2 Å². The summed E-state index contributed by atoms with van der Waals surface area (Å²) in [7, 11) is 0. The fraction of sp³-hybridized carbons (Fsp3) is 0.211. The van der Waals surface area contributed by atoms with Gasteiger partial charge in [-0.25, -0.2) is 4.98 Å². The van der Waals surface area contributed by atoms with Crippen LogP contribution in [0.5, 0.6) is 0 Å². The van der Waals surface area contributed by atoms with Crippen molar-refractivity contribution < 1.29 is 9.18 Å². The van der Waals surface area contributed by atoms with Crippen molar-refractivity contribution >= 4 is 11.7 Å². The third-order valence-electron chi connectivity index (χ3n) is 4.49. The number of rotatable bonds is 4. The first-order valence-electron chi connectivity index (χ1n) is 8.36. The minimum atomic E-state index is -0.516. The Hall–Kier alpha value is -3.22. The van der Waals surface area contributed by atoms with E-state index in [0.29, 0.717) is 18.8 Å². The van der Waals surface area contributed by atoms with E-state index >= 15 is 0 Å². The molecule has 0 N–H and O–H groups in total. The van der Waals surface area contributed by atoms with Gasteiger partial charge in [0.2, 0.25) is 11.9 Å². The zero-order valence-electron chi connectivity index (χ0n) is 13.9. The second kappa shape index (κ2) is 6.95. The number of hydrogen-bond donors (Lipinski definition) is 0. The lowest BCUT2D eigenvalue weighted by molar-refractivity contribution is -0.120. The normalized spacial score (nSPS) is 16.9. The Balaban J connectivity index is 1.47. The number of nitrogens with zero attached hydrogens (tertiary/aromatic N) is 5. The van der Waals surface area contributed by atoms with Gasteiger partial charge in [0, 0.05) is 36.6 Å². The molecule has 4 heterocycles. The molecule has 6 nitrogen and oxygen atoms in total. The highest BCUT2D eigenvalue weighted by molar-refractivity contribution is 5.96. The standard InChI is InChI=1S/C19H16FN5O/c20-17-3-1-13(12-22-17)11-15-7-10-25(19(15)26)18-4-2-16(23-24-18)14-5-8-21-9-6-14/h1-6,8-9,12,15H,7,10-11H2/t15-/m1/s1. The van der Waals surface area contributed by atoms with Gasteiger partial charge < -0.3 is 0 Å². The lowest BCUT2D eigenvalue weighted by atomic mass is 9.99. The molecule has 0 aliphatic carbocycles. The second-order valence-corrected chi connectivity index (χ2v) is 6.18. The predicted octanol–water partition coefficient (Wildman–Crippen LogP) is 2.67. The number of pyridine rings is 2. The zero-order chi connectivity index (χ0) is 17.9. The second-order valence-electron chi connectivity index (χ2n) is 6.18. The highest BCUT2D eigenvalue weighted by Gasteiger charge is 2.33. The van der Waals surface area contributed by atoms with Crippen LogP contribution in [0.3, 0.4) is 0 Å². The molecule has 0 saturated carbocycles. The molecule has 130 valence electrons. The van der Waals surface area contributed by atoms with Gasteiger partial charge in [-0.3, -0.25) is 14.7 Å².